The van der Waals surface area contributed by atoms with Gasteiger partial charge < -0.3 is 5.32 Å². The molecular formula is C8H17N5O3S2. The van der Waals surface area contributed by atoms with Gasteiger partial charge in [0.15, 0.2) is 5.17 Å². The van der Waals surface area contributed by atoms with Crippen LogP contribution in [0.1, 0.15) is 19.8 Å². The summed E-state index contributed by atoms with van der Waals surface area (Å²) < 4.78 is 26.9. The van der Waals surface area contributed by atoms with E-state index in [0.717, 1.165) is 29.0 Å². The van der Waals surface area contributed by atoms with Crippen LogP contribution in [-0.2, 0) is 10.2 Å². The fraction of sp³-hybridized carbons (Fsp3) is 0.750. The first-order valence-electron chi connectivity index (χ1n) is 5.47. The van der Waals surface area contributed by atoms with Crippen LogP contribution in [0.15, 0.2) is 5.10 Å². The molecule has 1 rings (SSSR count). The molecule has 0 saturated heterocycles. The van der Waals surface area contributed by atoms with Gasteiger partial charge >= 0.3 is 16.2 Å². The van der Waals surface area contributed by atoms with Crippen molar-refractivity contribution in [2.24, 2.45) is 5.10 Å². The van der Waals surface area contributed by atoms with Gasteiger partial charge in [0.1, 0.15) is 5.88 Å². The number of hydrogen-bond acceptors (Lipinski definition) is 5. The van der Waals surface area contributed by atoms with Crippen LogP contribution in [0.3, 0.4) is 0 Å². The molecule has 0 bridgehead atoms. The second-order valence-electron chi connectivity index (χ2n) is 3.46. The third kappa shape index (κ3) is 4.35. The van der Waals surface area contributed by atoms with E-state index in [9.17, 15) is 13.2 Å². The number of unbranched alkanes of at least 4 members (excludes halogenated alkanes) is 1. The summed E-state index contributed by atoms with van der Waals surface area (Å²) in [5.74, 6) is 0.154. The zero-order chi connectivity index (χ0) is 13.6. The topological polar surface area (TPSA) is 103 Å². The largest absolute Gasteiger partial charge is 0.341 e. The van der Waals surface area contributed by atoms with Crippen LogP contribution < -0.4 is 15.4 Å². The number of carbonyl (C=O) groups is 1. The monoisotopic (exact) mass is 295 g/mol. The van der Waals surface area contributed by atoms with E-state index >= 15 is 0 Å². The molecule has 1 aliphatic heterocycles. The predicted octanol–water partition coefficient (Wildman–Crippen LogP) is -0.173. The van der Waals surface area contributed by atoms with Gasteiger partial charge in [0.25, 0.3) is 0 Å². The van der Waals surface area contributed by atoms with Crippen LogP contribution in [0.25, 0.3) is 0 Å². The maximum Gasteiger partial charge on any atom is 0.320 e. The highest BCUT2D eigenvalue weighted by Gasteiger charge is 2.26. The number of hydrazone groups is 1. The van der Waals surface area contributed by atoms with E-state index in [2.05, 4.69) is 20.5 Å². The summed E-state index contributed by atoms with van der Waals surface area (Å²) in [6.07, 6.45) is 1.68. The number of amides is 2. The van der Waals surface area contributed by atoms with Crippen LogP contribution in [0, 0.1) is 0 Å². The van der Waals surface area contributed by atoms with Gasteiger partial charge in [-0.05, 0) is 6.42 Å². The summed E-state index contributed by atoms with van der Waals surface area (Å²) in [5.41, 5.74) is 0. The minimum atomic E-state index is -3.60. The molecular weight excluding hydrogens is 278 g/mol. The van der Waals surface area contributed by atoms with Gasteiger partial charge in [-0.2, -0.15) is 17.6 Å². The van der Waals surface area contributed by atoms with Crippen LogP contribution >= 0.6 is 11.8 Å². The molecule has 1 heterocycles. The van der Waals surface area contributed by atoms with Gasteiger partial charge in [0.05, 0.1) is 0 Å². The molecule has 0 aromatic rings. The third-order valence-corrected chi connectivity index (χ3v) is 4.38. The van der Waals surface area contributed by atoms with E-state index in [0.29, 0.717) is 6.54 Å². The average molecular weight is 295 g/mol. The highest BCUT2D eigenvalue weighted by molar-refractivity contribution is 8.14. The summed E-state index contributed by atoms with van der Waals surface area (Å²) in [6, 6.07) is -0.431. The second-order valence-corrected chi connectivity index (χ2v) is 6.05. The van der Waals surface area contributed by atoms with Crippen molar-refractivity contribution in [2.45, 2.75) is 19.8 Å². The maximum absolute atomic E-state index is 11.8. The summed E-state index contributed by atoms with van der Waals surface area (Å²) in [4.78, 5) is 11.0. The zero-order valence-corrected chi connectivity index (χ0v) is 11.9. The Balaban J connectivity index is 2.55. The highest BCUT2D eigenvalue weighted by atomic mass is 32.2. The number of rotatable bonds is 5. The molecule has 0 unspecified atom stereocenters. The lowest BCUT2D eigenvalue weighted by atomic mass is 10.3. The van der Waals surface area contributed by atoms with Crippen molar-refractivity contribution in [3.8, 4) is 0 Å². The Bertz CT molecular complexity index is 422. The number of thioether (sulfide) groups is 1. The molecule has 0 fully saturated rings. The average Bonchev–Trinajstić information content (AvgIpc) is 2.78. The smallest absolute Gasteiger partial charge is 0.320 e. The molecule has 0 saturated carbocycles. The first-order valence-corrected chi connectivity index (χ1v) is 7.89. The van der Waals surface area contributed by atoms with Crippen molar-refractivity contribution in [1.29, 1.82) is 0 Å². The van der Waals surface area contributed by atoms with Crippen LogP contribution in [0.4, 0.5) is 4.79 Å². The third-order valence-electron chi connectivity index (χ3n) is 2.05. The Labute approximate surface area is 111 Å². The number of urea groups is 1. The van der Waals surface area contributed by atoms with E-state index in [1.54, 1.807) is 0 Å². The van der Waals surface area contributed by atoms with Crippen molar-refractivity contribution in [3.63, 3.8) is 0 Å². The van der Waals surface area contributed by atoms with Crippen molar-refractivity contribution >= 4 is 33.2 Å². The van der Waals surface area contributed by atoms with E-state index in [4.69, 9.17) is 0 Å². The predicted molar refractivity (Wildman–Crippen MR) is 71.2 cm³/mol. The second kappa shape index (κ2) is 6.81. The molecule has 18 heavy (non-hydrogen) atoms. The first kappa shape index (κ1) is 15.1. The minimum Gasteiger partial charge on any atom is -0.341 e. The Kier molecular flexibility index (Phi) is 5.69. The molecule has 1 aliphatic rings. The molecule has 3 N–H and O–H groups in total. The van der Waals surface area contributed by atoms with E-state index in [1.807, 2.05) is 6.92 Å². The molecule has 0 aromatic carbocycles. The molecule has 104 valence electrons. The number of amidine groups is 1. The summed E-state index contributed by atoms with van der Waals surface area (Å²) in [5, 5.41) is 8.86. The molecule has 0 atom stereocenters. The van der Waals surface area contributed by atoms with Crippen LogP contribution in [0.2, 0.25) is 0 Å². The molecule has 2 amide bonds. The number of nitrogens with zero attached hydrogens (tertiary/aromatic N) is 2. The van der Waals surface area contributed by atoms with Gasteiger partial charge in [0, 0.05) is 13.6 Å². The standard InChI is InChI=1S/C8H17N5O3S2/c1-3-4-5-10-18(15,16)13-6-17-8(12-13)11-7(14)9-2/h10H,3-6H2,1-2H3,(H2,9,11,12,14). The first-order chi connectivity index (χ1) is 8.49. The van der Waals surface area contributed by atoms with E-state index < -0.39 is 16.2 Å². The molecule has 0 radical (unpaired) electrons. The fourth-order valence-electron chi connectivity index (χ4n) is 1.07. The minimum absolute atomic E-state index is 0.154. The quantitative estimate of drug-likeness (QED) is 0.613. The van der Waals surface area contributed by atoms with Gasteiger partial charge in [-0.25, -0.2) is 4.79 Å². The van der Waals surface area contributed by atoms with Crippen molar-refractivity contribution in [1.82, 2.24) is 19.8 Å². The summed E-state index contributed by atoms with van der Waals surface area (Å²) in [6.45, 7) is 2.36. The summed E-state index contributed by atoms with van der Waals surface area (Å²) >= 11 is 1.15. The normalized spacial score (nSPS) is 15.4. The van der Waals surface area contributed by atoms with E-state index in [1.165, 1.54) is 7.05 Å². The van der Waals surface area contributed by atoms with Gasteiger partial charge in [-0.15, -0.1) is 5.10 Å². The van der Waals surface area contributed by atoms with Crippen molar-refractivity contribution in [3.05, 3.63) is 0 Å². The molecule has 0 spiro atoms. The summed E-state index contributed by atoms with van der Waals surface area (Å²) in [7, 11) is -2.14. The number of hydrogen-bond donors (Lipinski definition) is 3. The SMILES string of the molecule is CCCCNS(=O)(=O)N1CSC(NC(=O)NC)=N1. The Hall–Kier alpha value is -1.00. The molecule has 0 aromatic heterocycles. The molecule has 8 nitrogen and oxygen atoms in total. The van der Waals surface area contributed by atoms with Gasteiger partial charge in [-0.1, -0.05) is 25.1 Å². The van der Waals surface area contributed by atoms with Gasteiger partial charge in [0.2, 0.25) is 0 Å². The molecule has 0 aliphatic carbocycles. The lowest BCUT2D eigenvalue weighted by Gasteiger charge is -2.13. The fourth-order valence-corrected chi connectivity index (χ4v) is 3.19. The van der Waals surface area contributed by atoms with Gasteiger partial charge in [-0.3, -0.25) is 5.32 Å². The zero-order valence-electron chi connectivity index (χ0n) is 10.3. The number of carbonyl (C=O) groups excluding carboxylic acids is 1. The Morgan fingerprint density at radius 3 is 2.89 bits per heavy atom. The Morgan fingerprint density at radius 2 is 2.28 bits per heavy atom. The lowest BCUT2D eigenvalue weighted by molar-refractivity contribution is 0.247. The maximum atomic E-state index is 11.8. The van der Waals surface area contributed by atoms with Crippen molar-refractivity contribution in [2.75, 3.05) is 19.5 Å². The lowest BCUT2D eigenvalue weighted by Crippen LogP contribution is -2.37. The molecule has 10 heteroatoms. The number of nitrogens with one attached hydrogen (secondary N) is 3. The highest BCUT2D eigenvalue weighted by Crippen LogP contribution is 2.17. The van der Waals surface area contributed by atoms with Crippen LogP contribution in [-0.4, -0.2) is 43.5 Å². The van der Waals surface area contributed by atoms with E-state index in [-0.39, 0.29) is 11.0 Å². The van der Waals surface area contributed by atoms with Crippen molar-refractivity contribution < 1.29 is 13.2 Å². The van der Waals surface area contributed by atoms with Crippen LogP contribution in [0.5, 0.6) is 0 Å². The Morgan fingerprint density at radius 1 is 1.56 bits per heavy atom.